The van der Waals surface area contributed by atoms with E-state index >= 15 is 0 Å². The summed E-state index contributed by atoms with van der Waals surface area (Å²) in [6, 6.07) is 131. The van der Waals surface area contributed by atoms with Crippen molar-refractivity contribution in [3.05, 3.63) is 516 Å². The van der Waals surface area contributed by atoms with Gasteiger partial charge < -0.3 is 24.0 Å². The second-order valence-electron chi connectivity index (χ2n) is 31.6. The van der Waals surface area contributed by atoms with Gasteiger partial charge in [0.05, 0.1) is 10.8 Å². The Labute approximate surface area is 719 Å². The van der Waals surface area contributed by atoms with Crippen LogP contribution in [0.25, 0.3) is 78.6 Å². The molecule has 0 amide bonds. The first-order valence-electron chi connectivity index (χ1n) is 41.3. The van der Waals surface area contributed by atoms with Crippen molar-refractivity contribution >= 4 is 102 Å². The number of rotatable bonds is 20. The van der Waals surface area contributed by atoms with Crippen LogP contribution in [0, 0.1) is 34.9 Å². The highest BCUT2D eigenvalue weighted by Gasteiger charge is 2.48. The molecule has 598 valence electrons. The third-order valence-corrected chi connectivity index (χ3v) is 24.8. The normalized spacial score (nSPS) is 14.1. The van der Waals surface area contributed by atoms with Crippen LogP contribution in [0.15, 0.2) is 430 Å². The van der Waals surface area contributed by atoms with Gasteiger partial charge in [0.1, 0.15) is 46.1 Å². The lowest BCUT2D eigenvalue weighted by molar-refractivity contribution is 0.624. The molecule has 2 atom stereocenters. The molecule has 2 aliphatic rings. The Hall–Kier alpha value is -16.0. The minimum atomic E-state index is -0.840. The maximum atomic E-state index is 15.0. The van der Waals surface area contributed by atoms with Crippen molar-refractivity contribution in [1.82, 2.24) is 0 Å². The van der Waals surface area contributed by atoms with E-state index < -0.39 is 10.8 Å². The van der Waals surface area contributed by atoms with Gasteiger partial charge in [-0.25, -0.2) is 26.3 Å². The SMILES string of the molecule is C=Cc1ccc(C2(c3ccc(F)cc3)c3ccccc3-c3ccc(N(c4ccc(F)cc4)c4ccc(-c5ccc(N(c6ccc(F)cc6)c6ccc7c(c6)oc6cc(N(c8ccc(F)cc8)c8ccc(-c9ccc(N(c%10ccc(F)cc%10)c%10ccc%11c(c%10)C(c%10ccc(F)cc%10)(c%10ccc(C=C)cc%10)c%10ccccc%10-%11)cc9)cc8)ccc67)cc5)cc4)cc32)cc1. The standard InChI is InChI=1S/C114H74F6N4O/c1-3-73-13-25-79(26-14-73)113(81-29-33-83(115)34-30-81)107-11-7-5-9-101(107)103-65-61-97(69-109(103)113)121(93-53-37-85(117)38-54-93)89-45-17-75(18-46-89)77-21-49-91(50-22-77)123(95-57-41-87(119)42-58-95)99-63-67-105-106-68-64-100(72-112(106)125-111(105)71-99)124(96-59-43-88(120)44-60-96)92-51-23-78(24-52-92)76-19-47-90(48-20-76)122(94-55-39-86(118)40-56-94)98-62-66-104-102-10-6-8-12-108(102)114(110(104)70-98,82-31-35-84(116)36-32-82)80-27-15-74(4-2)16-28-80/h3-72H,1-2H2. The van der Waals surface area contributed by atoms with Crippen LogP contribution in [0.2, 0.25) is 0 Å². The van der Waals surface area contributed by atoms with Crippen molar-refractivity contribution in [2.45, 2.75) is 10.8 Å². The van der Waals surface area contributed by atoms with Crippen LogP contribution in [-0.4, -0.2) is 0 Å². The highest BCUT2D eigenvalue weighted by atomic mass is 19.1. The first kappa shape index (κ1) is 76.4. The summed E-state index contributed by atoms with van der Waals surface area (Å²) < 4.78 is 96.5. The van der Waals surface area contributed by atoms with Crippen LogP contribution in [0.4, 0.5) is 94.6 Å². The molecule has 0 aliphatic heterocycles. The van der Waals surface area contributed by atoms with E-state index in [1.165, 1.54) is 72.8 Å². The fraction of sp³-hybridized carbons (Fsp3) is 0.0175. The molecule has 1 heterocycles. The van der Waals surface area contributed by atoms with Crippen molar-refractivity contribution in [1.29, 1.82) is 0 Å². The van der Waals surface area contributed by atoms with E-state index in [-0.39, 0.29) is 34.9 Å². The Kier molecular flexibility index (Phi) is 19.1. The molecule has 0 saturated carbocycles. The Balaban J connectivity index is 0.578. The number of anilines is 12. The maximum Gasteiger partial charge on any atom is 0.137 e. The van der Waals surface area contributed by atoms with Crippen molar-refractivity contribution in [3.63, 3.8) is 0 Å². The zero-order valence-corrected chi connectivity index (χ0v) is 67.3. The van der Waals surface area contributed by atoms with Crippen LogP contribution in [0.5, 0.6) is 0 Å². The summed E-state index contributed by atoms with van der Waals surface area (Å²) >= 11 is 0. The van der Waals surface area contributed by atoms with Gasteiger partial charge in [-0.1, -0.05) is 207 Å². The van der Waals surface area contributed by atoms with Gasteiger partial charge in [0.2, 0.25) is 0 Å². The largest absolute Gasteiger partial charge is 0.456 e. The Morgan fingerprint density at radius 3 is 0.696 bits per heavy atom. The predicted octanol–water partition coefficient (Wildman–Crippen LogP) is 31.6. The quantitative estimate of drug-likeness (QED) is 0.0709. The van der Waals surface area contributed by atoms with E-state index in [0.29, 0.717) is 11.2 Å². The molecule has 0 spiro atoms. The van der Waals surface area contributed by atoms with Crippen molar-refractivity contribution in [2.75, 3.05) is 19.6 Å². The summed E-state index contributed by atoms with van der Waals surface area (Å²) in [5.74, 6) is -2.10. The first-order valence-corrected chi connectivity index (χ1v) is 41.3. The minimum absolute atomic E-state index is 0.327. The lowest BCUT2D eigenvalue weighted by atomic mass is 9.67. The Morgan fingerprint density at radius 1 is 0.208 bits per heavy atom. The van der Waals surface area contributed by atoms with E-state index in [4.69, 9.17) is 4.42 Å². The zero-order valence-electron chi connectivity index (χ0n) is 67.3. The molecule has 21 rings (SSSR count). The van der Waals surface area contributed by atoms with Gasteiger partial charge >= 0.3 is 0 Å². The van der Waals surface area contributed by atoms with Crippen molar-refractivity contribution in [2.24, 2.45) is 0 Å². The summed E-state index contributed by atoms with van der Waals surface area (Å²) in [4.78, 5) is 8.40. The van der Waals surface area contributed by atoms with Gasteiger partial charge in [-0.15, -0.1) is 0 Å². The van der Waals surface area contributed by atoms with E-state index in [0.717, 1.165) is 179 Å². The molecule has 18 aromatic carbocycles. The number of halogens is 6. The average molecular weight is 1630 g/mol. The highest BCUT2D eigenvalue weighted by molar-refractivity contribution is 6.08. The molecule has 125 heavy (non-hydrogen) atoms. The molecule has 0 N–H and O–H groups in total. The third kappa shape index (κ3) is 13.3. The van der Waals surface area contributed by atoms with E-state index in [1.54, 1.807) is 48.5 Å². The van der Waals surface area contributed by atoms with Gasteiger partial charge in [0, 0.05) is 91.2 Å². The lowest BCUT2D eigenvalue weighted by Gasteiger charge is -2.35. The molecule has 1 aromatic heterocycles. The van der Waals surface area contributed by atoms with Crippen LogP contribution < -0.4 is 19.6 Å². The monoisotopic (exact) mass is 1630 g/mol. The molecular formula is C114H74F6N4O. The third-order valence-electron chi connectivity index (χ3n) is 24.8. The molecular weight excluding hydrogens is 1560 g/mol. The van der Waals surface area contributed by atoms with Crippen LogP contribution in [0.3, 0.4) is 0 Å². The van der Waals surface area contributed by atoms with E-state index in [9.17, 15) is 26.3 Å². The Morgan fingerprint density at radius 2 is 0.424 bits per heavy atom. The summed E-state index contributed by atoms with van der Waals surface area (Å²) in [7, 11) is 0. The van der Waals surface area contributed by atoms with E-state index in [1.807, 2.05) is 84.9 Å². The van der Waals surface area contributed by atoms with Crippen LogP contribution in [0.1, 0.15) is 55.6 Å². The molecule has 5 nitrogen and oxygen atoms in total. The van der Waals surface area contributed by atoms with Gasteiger partial charge in [-0.2, -0.15) is 0 Å². The maximum absolute atomic E-state index is 15.0. The van der Waals surface area contributed by atoms with Gasteiger partial charge in [0.15, 0.2) is 0 Å². The average Bonchev–Trinajstić information content (AvgIpc) is 1.54. The molecule has 0 fully saturated rings. The molecule has 0 radical (unpaired) electrons. The first-order chi connectivity index (χ1) is 61.2. The zero-order chi connectivity index (χ0) is 84.6. The molecule has 11 heteroatoms. The lowest BCUT2D eigenvalue weighted by Crippen LogP contribution is -2.29. The molecule has 0 saturated heterocycles. The molecule has 2 unspecified atom stereocenters. The second kappa shape index (κ2) is 31.2. The van der Waals surface area contributed by atoms with Gasteiger partial charge in [-0.3, -0.25) is 0 Å². The number of fused-ring (bicyclic) bond motifs is 9. The number of furan rings is 1. The van der Waals surface area contributed by atoms with Gasteiger partial charge in [-0.05, 0) is 319 Å². The molecule has 19 aromatic rings. The fourth-order valence-electron chi connectivity index (χ4n) is 18.9. The number of hydrogen-bond donors (Lipinski definition) is 0. The molecule has 0 bridgehead atoms. The minimum Gasteiger partial charge on any atom is -0.456 e. The smallest absolute Gasteiger partial charge is 0.137 e. The highest BCUT2D eigenvalue weighted by Crippen LogP contribution is 2.60. The topological polar surface area (TPSA) is 26.1 Å². The number of hydrogen-bond acceptors (Lipinski definition) is 5. The van der Waals surface area contributed by atoms with Crippen molar-refractivity contribution < 1.29 is 30.8 Å². The Bertz CT molecular complexity index is 6890. The number of nitrogens with zero attached hydrogens (tertiary/aromatic N) is 4. The van der Waals surface area contributed by atoms with Crippen LogP contribution in [-0.2, 0) is 10.8 Å². The second-order valence-corrected chi connectivity index (χ2v) is 31.6. The summed E-state index contributed by atoms with van der Waals surface area (Å²) in [5.41, 5.74) is 27.1. The summed E-state index contributed by atoms with van der Waals surface area (Å²) in [6.45, 7) is 8.05. The predicted molar refractivity (Wildman–Crippen MR) is 498 cm³/mol. The van der Waals surface area contributed by atoms with Crippen molar-refractivity contribution in [3.8, 4) is 44.5 Å². The number of benzene rings is 18. The van der Waals surface area contributed by atoms with Crippen LogP contribution >= 0.6 is 0 Å². The van der Waals surface area contributed by atoms with Gasteiger partial charge in [0.25, 0.3) is 0 Å². The fourth-order valence-corrected chi connectivity index (χ4v) is 18.9. The summed E-state index contributed by atoms with van der Waals surface area (Å²) in [5, 5.41) is 1.77. The summed E-state index contributed by atoms with van der Waals surface area (Å²) in [6.07, 6.45) is 3.65. The van der Waals surface area contributed by atoms with E-state index in [2.05, 4.69) is 251 Å². The molecule has 2 aliphatic carbocycles.